The molecular weight excluding hydrogens is 458 g/mol. The van der Waals surface area contributed by atoms with E-state index in [-0.39, 0.29) is 23.7 Å². The van der Waals surface area contributed by atoms with Crippen molar-refractivity contribution in [1.29, 1.82) is 0 Å². The molecule has 140 valence electrons. The van der Waals surface area contributed by atoms with E-state index < -0.39 is 23.4 Å². The lowest BCUT2D eigenvalue weighted by Crippen LogP contribution is -2.36. The van der Waals surface area contributed by atoms with Crippen molar-refractivity contribution < 1.29 is 19.1 Å². The topological polar surface area (TPSA) is 110 Å². The smallest absolute Gasteiger partial charge is 0.278 e. The normalized spacial score (nSPS) is 11.9. The van der Waals surface area contributed by atoms with Crippen LogP contribution in [0.2, 0.25) is 0 Å². The largest absolute Gasteiger partial charge is 0.391 e. The molecule has 0 fully saturated rings. The monoisotopic (exact) mass is 476 g/mol. The van der Waals surface area contributed by atoms with Crippen LogP contribution in [0.4, 0.5) is 15.9 Å². The quantitative estimate of drug-likeness (QED) is 0.328. The summed E-state index contributed by atoms with van der Waals surface area (Å²) in [6.07, 6.45) is -0.776. The number of nitrogens with zero attached hydrogens (tertiary/aromatic N) is 2. The highest BCUT2D eigenvalue weighted by Crippen LogP contribution is 2.27. The van der Waals surface area contributed by atoms with Crippen molar-refractivity contribution in [2.45, 2.75) is 13.0 Å². The molecule has 0 unspecified atom stereocenters. The minimum Gasteiger partial charge on any atom is -0.391 e. The van der Waals surface area contributed by atoms with Crippen LogP contribution in [0.15, 0.2) is 35.1 Å². The zero-order valence-corrected chi connectivity index (χ0v) is 16.2. The number of aromatic nitrogens is 1. The van der Waals surface area contributed by atoms with Crippen molar-refractivity contribution in [3.05, 3.63) is 55.6 Å². The number of aliphatic hydroxyl groups is 1. The second-order valence-electron chi connectivity index (χ2n) is 5.52. The van der Waals surface area contributed by atoms with Crippen LogP contribution in [0.25, 0.3) is 0 Å². The van der Waals surface area contributed by atoms with Gasteiger partial charge in [0.1, 0.15) is 18.2 Å². The number of nitrogens with two attached hydrogens (primary N) is 1. The molecule has 1 aromatic carbocycles. The first-order valence-electron chi connectivity index (χ1n) is 7.52. The van der Waals surface area contributed by atoms with E-state index >= 15 is 0 Å². The van der Waals surface area contributed by atoms with Crippen molar-refractivity contribution in [1.82, 2.24) is 10.0 Å². The number of halogens is 2. The number of benzene rings is 1. The summed E-state index contributed by atoms with van der Waals surface area (Å²) in [6.45, 7) is 1.37. The van der Waals surface area contributed by atoms with Gasteiger partial charge < -0.3 is 5.11 Å². The molecule has 0 aliphatic carbocycles. The van der Waals surface area contributed by atoms with Crippen molar-refractivity contribution in [2.75, 3.05) is 11.6 Å². The molecule has 0 aliphatic rings. The molecule has 0 aliphatic heterocycles. The van der Waals surface area contributed by atoms with Gasteiger partial charge in [-0.25, -0.2) is 15.7 Å². The second kappa shape index (κ2) is 8.58. The summed E-state index contributed by atoms with van der Waals surface area (Å²) >= 11 is 1.95. The van der Waals surface area contributed by atoms with Crippen LogP contribution >= 0.6 is 22.6 Å². The van der Waals surface area contributed by atoms with Crippen LogP contribution in [-0.2, 0) is 11.9 Å². The Morgan fingerprint density at radius 1 is 1.46 bits per heavy atom. The Morgan fingerprint density at radius 3 is 2.77 bits per heavy atom. The molecule has 26 heavy (non-hydrogen) atoms. The molecule has 1 aromatic heterocycles. The number of nitrogens with one attached hydrogen (secondary N) is 1. The number of carbonyl (C=O) groups is 1. The number of anilines is 2. The first kappa shape index (κ1) is 20.3. The van der Waals surface area contributed by atoms with Gasteiger partial charge in [-0.1, -0.05) is 0 Å². The first-order chi connectivity index (χ1) is 12.2. The van der Waals surface area contributed by atoms with Crippen LogP contribution in [0.5, 0.6) is 0 Å². The van der Waals surface area contributed by atoms with Gasteiger partial charge >= 0.3 is 0 Å². The lowest BCUT2D eigenvalue weighted by atomic mass is 10.2. The van der Waals surface area contributed by atoms with E-state index in [9.17, 15) is 14.0 Å². The van der Waals surface area contributed by atoms with Crippen LogP contribution in [0.3, 0.4) is 0 Å². The molecule has 2 aromatic rings. The Labute approximate surface area is 162 Å². The summed E-state index contributed by atoms with van der Waals surface area (Å²) in [5.41, 5.74) is 1.72. The molecule has 0 spiro atoms. The number of hydrogen-bond acceptors (Lipinski definition) is 6. The summed E-state index contributed by atoms with van der Waals surface area (Å²) in [5.74, 6) is 4.70. The molecule has 1 heterocycles. The maximum atomic E-state index is 14.3. The fourth-order valence-electron chi connectivity index (χ4n) is 2.17. The lowest BCUT2D eigenvalue weighted by molar-refractivity contribution is -0.00687. The van der Waals surface area contributed by atoms with E-state index in [1.807, 2.05) is 22.6 Å². The van der Waals surface area contributed by atoms with Crippen molar-refractivity contribution in [3.8, 4) is 0 Å². The minimum atomic E-state index is -0.776. The van der Waals surface area contributed by atoms with Gasteiger partial charge in [0.15, 0.2) is 0 Å². The van der Waals surface area contributed by atoms with Crippen molar-refractivity contribution in [3.63, 3.8) is 0 Å². The Bertz CT molecular complexity index is 872. The highest BCUT2D eigenvalue weighted by molar-refractivity contribution is 14.1. The van der Waals surface area contributed by atoms with Gasteiger partial charge in [0.25, 0.3) is 11.5 Å². The van der Waals surface area contributed by atoms with Gasteiger partial charge in [-0.2, -0.15) is 0 Å². The average molecular weight is 476 g/mol. The number of carbonyl (C=O) groups excluding carboxylic acids is 1. The standard InChI is InChI=1S/C16H18FIN4O4/c1-9(23)8-26-20-15(25)11-4-6-14(24)21(2)16(11)22(19)13-5-3-10(18)7-12(13)17/h3-7,9,23H,8,19H2,1-2H3,(H,20,25)/t9-/m0/s1. The summed E-state index contributed by atoms with van der Waals surface area (Å²) < 4.78 is 16.1. The van der Waals surface area contributed by atoms with E-state index in [0.717, 1.165) is 9.58 Å². The molecule has 4 N–H and O–H groups in total. The predicted molar refractivity (Wildman–Crippen MR) is 102 cm³/mol. The van der Waals surface area contributed by atoms with Gasteiger partial charge in [-0.15, -0.1) is 0 Å². The molecule has 2 rings (SSSR count). The van der Waals surface area contributed by atoms with Gasteiger partial charge in [-0.3, -0.25) is 24.0 Å². The third-order valence-corrected chi connectivity index (χ3v) is 4.08. The number of hydrogen-bond donors (Lipinski definition) is 3. The molecule has 1 amide bonds. The summed E-state index contributed by atoms with van der Waals surface area (Å²) in [4.78, 5) is 29.2. The van der Waals surface area contributed by atoms with Crippen LogP contribution in [0, 0.1) is 9.39 Å². The fourth-order valence-corrected chi connectivity index (χ4v) is 2.62. The van der Waals surface area contributed by atoms with Crippen LogP contribution in [-0.4, -0.2) is 28.3 Å². The highest BCUT2D eigenvalue weighted by atomic mass is 127. The summed E-state index contributed by atoms with van der Waals surface area (Å²) in [7, 11) is 1.41. The summed E-state index contributed by atoms with van der Waals surface area (Å²) in [5, 5.41) is 10.1. The average Bonchev–Trinajstić information content (AvgIpc) is 2.56. The maximum absolute atomic E-state index is 14.3. The van der Waals surface area contributed by atoms with Crippen LogP contribution < -0.4 is 21.9 Å². The van der Waals surface area contributed by atoms with E-state index in [0.29, 0.717) is 3.57 Å². The Kier molecular flexibility index (Phi) is 6.69. The van der Waals surface area contributed by atoms with Crippen molar-refractivity contribution >= 4 is 40.0 Å². The molecule has 0 saturated heterocycles. The van der Waals surface area contributed by atoms with Gasteiger partial charge in [-0.05, 0) is 53.8 Å². The Balaban J connectivity index is 2.44. The van der Waals surface area contributed by atoms with Crippen LogP contribution in [0.1, 0.15) is 17.3 Å². The third kappa shape index (κ3) is 4.58. The number of aliphatic hydroxyl groups excluding tert-OH is 1. The van der Waals surface area contributed by atoms with E-state index in [1.165, 1.54) is 38.2 Å². The molecule has 8 nitrogen and oxygen atoms in total. The fraction of sp³-hybridized carbons (Fsp3) is 0.250. The number of amides is 1. The highest BCUT2D eigenvalue weighted by Gasteiger charge is 2.22. The molecule has 0 radical (unpaired) electrons. The predicted octanol–water partition coefficient (Wildman–Crippen LogP) is 1.18. The van der Waals surface area contributed by atoms with Gasteiger partial charge in [0, 0.05) is 16.7 Å². The first-order valence-corrected chi connectivity index (χ1v) is 8.60. The molecule has 0 bridgehead atoms. The van der Waals surface area contributed by atoms with Gasteiger partial charge in [0.05, 0.1) is 17.4 Å². The lowest BCUT2D eigenvalue weighted by Gasteiger charge is -2.24. The SMILES string of the molecule is C[C@H](O)CONC(=O)c1ccc(=O)n(C)c1N(N)c1ccc(I)cc1F. The number of hydroxylamine groups is 1. The maximum Gasteiger partial charge on any atom is 0.278 e. The number of rotatable bonds is 6. The van der Waals surface area contributed by atoms with Gasteiger partial charge in [0.2, 0.25) is 0 Å². The number of hydrazine groups is 1. The van der Waals surface area contributed by atoms with E-state index in [4.69, 9.17) is 15.8 Å². The zero-order valence-electron chi connectivity index (χ0n) is 14.1. The van der Waals surface area contributed by atoms with Crippen molar-refractivity contribution in [2.24, 2.45) is 12.9 Å². The van der Waals surface area contributed by atoms with E-state index in [1.54, 1.807) is 6.07 Å². The number of pyridine rings is 1. The summed E-state index contributed by atoms with van der Waals surface area (Å²) in [6, 6.07) is 6.82. The Hall–Kier alpha value is -2.02. The minimum absolute atomic E-state index is 0.00172. The molecular formula is C16H18FIN4O4. The molecule has 1 atom stereocenters. The molecule has 10 heteroatoms. The second-order valence-corrected chi connectivity index (χ2v) is 6.77. The zero-order chi connectivity index (χ0) is 19.4. The van der Waals surface area contributed by atoms with E-state index in [2.05, 4.69) is 5.48 Å². The molecule has 0 saturated carbocycles. The third-order valence-electron chi connectivity index (χ3n) is 3.41. The Morgan fingerprint density at radius 2 is 2.15 bits per heavy atom.